The van der Waals surface area contributed by atoms with E-state index in [0.29, 0.717) is 22.5 Å². The van der Waals surface area contributed by atoms with Gasteiger partial charge in [0.05, 0.1) is 18.9 Å². The second-order valence-electron chi connectivity index (χ2n) is 5.06. The molecule has 2 aromatic carbocycles. The molecule has 2 heterocycles. The lowest BCUT2D eigenvalue weighted by Gasteiger charge is -2.10. The molecule has 0 aliphatic rings. The van der Waals surface area contributed by atoms with E-state index in [9.17, 15) is 5.11 Å². The Morgan fingerprint density at radius 1 is 1.13 bits per heavy atom. The van der Waals surface area contributed by atoms with Crippen LogP contribution in [0.4, 0.5) is 11.5 Å². The maximum atomic E-state index is 9.99. The van der Waals surface area contributed by atoms with Crippen LogP contribution in [0.15, 0.2) is 53.4 Å². The number of hydrogen-bond acceptors (Lipinski definition) is 6. The predicted octanol–water partition coefficient (Wildman–Crippen LogP) is 3.83. The largest absolute Gasteiger partial charge is 0.504 e. The number of phenols is 1. The number of fused-ring (bicyclic) bond motifs is 2. The fourth-order valence-electron chi connectivity index (χ4n) is 2.52. The molecular weight excluding hydrogens is 294 g/mol. The van der Waals surface area contributed by atoms with Crippen molar-refractivity contribution in [2.24, 2.45) is 0 Å². The zero-order valence-electron chi connectivity index (χ0n) is 12.3. The first-order valence-corrected chi connectivity index (χ1v) is 7.00. The third-order valence-corrected chi connectivity index (χ3v) is 3.65. The number of benzene rings is 2. The molecule has 0 bridgehead atoms. The SMILES string of the molecule is COc1cc2ncnc(Nc3ccc4occc4c3)c2cc1O. The monoisotopic (exact) mass is 307 g/mol. The van der Waals surface area contributed by atoms with Crippen molar-refractivity contribution < 1.29 is 14.3 Å². The summed E-state index contributed by atoms with van der Waals surface area (Å²) in [4.78, 5) is 8.49. The Morgan fingerprint density at radius 2 is 2.04 bits per heavy atom. The van der Waals surface area contributed by atoms with Gasteiger partial charge in [0, 0.05) is 22.5 Å². The summed E-state index contributed by atoms with van der Waals surface area (Å²) in [6, 6.07) is 10.9. The van der Waals surface area contributed by atoms with E-state index in [1.165, 1.54) is 13.4 Å². The maximum absolute atomic E-state index is 9.99. The van der Waals surface area contributed by atoms with E-state index >= 15 is 0 Å². The van der Waals surface area contributed by atoms with Crippen LogP contribution < -0.4 is 10.1 Å². The van der Waals surface area contributed by atoms with Crippen molar-refractivity contribution in [2.45, 2.75) is 0 Å². The summed E-state index contributed by atoms with van der Waals surface area (Å²) in [7, 11) is 1.50. The summed E-state index contributed by atoms with van der Waals surface area (Å²) < 4.78 is 10.4. The number of phenolic OH excluding ortho intramolecular Hbond substituents is 1. The average molecular weight is 307 g/mol. The van der Waals surface area contributed by atoms with Crippen LogP contribution in [0.5, 0.6) is 11.5 Å². The van der Waals surface area contributed by atoms with Crippen LogP contribution in [-0.2, 0) is 0 Å². The van der Waals surface area contributed by atoms with Crippen LogP contribution in [-0.4, -0.2) is 22.2 Å². The quantitative estimate of drug-likeness (QED) is 0.598. The standard InChI is InChI=1S/C17H13N3O3/c1-22-16-8-13-12(7-14(16)21)17(19-9-18-13)20-11-2-3-15-10(6-11)4-5-23-15/h2-9,21H,1H3,(H,18,19,20). The number of furan rings is 1. The molecule has 6 heteroatoms. The molecule has 0 radical (unpaired) electrons. The predicted molar refractivity (Wildman–Crippen MR) is 87.3 cm³/mol. The molecule has 6 nitrogen and oxygen atoms in total. The van der Waals surface area contributed by atoms with Crippen LogP contribution in [0.25, 0.3) is 21.9 Å². The second-order valence-corrected chi connectivity index (χ2v) is 5.06. The van der Waals surface area contributed by atoms with Gasteiger partial charge in [-0.15, -0.1) is 0 Å². The Labute approximate surface area is 131 Å². The molecule has 23 heavy (non-hydrogen) atoms. The average Bonchev–Trinajstić information content (AvgIpc) is 3.02. The van der Waals surface area contributed by atoms with Gasteiger partial charge in [0.1, 0.15) is 17.7 Å². The summed E-state index contributed by atoms with van der Waals surface area (Å²) in [5.74, 6) is 1.03. The zero-order chi connectivity index (χ0) is 15.8. The number of hydrogen-bond donors (Lipinski definition) is 2. The van der Waals surface area contributed by atoms with Crippen molar-refractivity contribution in [3.63, 3.8) is 0 Å². The van der Waals surface area contributed by atoms with Crippen LogP contribution in [0.3, 0.4) is 0 Å². The Hall–Kier alpha value is -3.28. The molecule has 0 amide bonds. The summed E-state index contributed by atoms with van der Waals surface area (Å²) in [5.41, 5.74) is 2.38. The number of methoxy groups -OCH3 is 1. The Balaban J connectivity index is 1.80. The molecule has 0 saturated heterocycles. The normalized spacial score (nSPS) is 11.0. The number of aromatic nitrogens is 2. The Kier molecular flexibility index (Phi) is 3.01. The van der Waals surface area contributed by atoms with Gasteiger partial charge >= 0.3 is 0 Å². The highest BCUT2D eigenvalue weighted by atomic mass is 16.5. The van der Waals surface area contributed by atoms with Gasteiger partial charge in [0.2, 0.25) is 0 Å². The minimum atomic E-state index is 0.0446. The van der Waals surface area contributed by atoms with Gasteiger partial charge in [0.15, 0.2) is 11.5 Å². The van der Waals surface area contributed by atoms with Crippen LogP contribution in [0.2, 0.25) is 0 Å². The topological polar surface area (TPSA) is 80.4 Å². The van der Waals surface area contributed by atoms with E-state index in [0.717, 1.165) is 16.7 Å². The molecule has 0 atom stereocenters. The van der Waals surface area contributed by atoms with E-state index in [-0.39, 0.29) is 5.75 Å². The summed E-state index contributed by atoms with van der Waals surface area (Å²) >= 11 is 0. The molecule has 0 aliphatic heterocycles. The minimum absolute atomic E-state index is 0.0446. The molecule has 2 aromatic heterocycles. The van der Waals surface area contributed by atoms with E-state index in [1.807, 2.05) is 24.3 Å². The third kappa shape index (κ3) is 2.30. The highest BCUT2D eigenvalue weighted by Gasteiger charge is 2.10. The summed E-state index contributed by atoms with van der Waals surface area (Å²) in [6.45, 7) is 0. The van der Waals surface area contributed by atoms with Crippen molar-refractivity contribution >= 4 is 33.4 Å². The van der Waals surface area contributed by atoms with Gasteiger partial charge in [-0.3, -0.25) is 0 Å². The molecule has 0 spiro atoms. The van der Waals surface area contributed by atoms with Gasteiger partial charge in [-0.1, -0.05) is 0 Å². The van der Waals surface area contributed by atoms with Crippen molar-refractivity contribution in [3.8, 4) is 11.5 Å². The lowest BCUT2D eigenvalue weighted by Crippen LogP contribution is -1.96. The van der Waals surface area contributed by atoms with Gasteiger partial charge in [-0.05, 0) is 30.3 Å². The molecular formula is C17H13N3O3. The van der Waals surface area contributed by atoms with Crippen LogP contribution in [0.1, 0.15) is 0 Å². The second kappa shape index (κ2) is 5.17. The zero-order valence-corrected chi connectivity index (χ0v) is 12.3. The maximum Gasteiger partial charge on any atom is 0.162 e. The van der Waals surface area contributed by atoms with Gasteiger partial charge in [-0.2, -0.15) is 0 Å². The summed E-state index contributed by atoms with van der Waals surface area (Å²) in [5, 5.41) is 14.9. The molecule has 0 aliphatic carbocycles. The number of nitrogens with one attached hydrogen (secondary N) is 1. The van der Waals surface area contributed by atoms with E-state index in [4.69, 9.17) is 9.15 Å². The number of anilines is 2. The molecule has 114 valence electrons. The highest BCUT2D eigenvalue weighted by Crippen LogP contribution is 2.33. The van der Waals surface area contributed by atoms with Crippen LogP contribution in [0, 0.1) is 0 Å². The van der Waals surface area contributed by atoms with Crippen molar-refractivity contribution in [1.29, 1.82) is 0 Å². The van der Waals surface area contributed by atoms with Crippen LogP contribution >= 0.6 is 0 Å². The first kappa shape index (κ1) is 13.4. The fraction of sp³-hybridized carbons (Fsp3) is 0.0588. The summed E-state index contributed by atoms with van der Waals surface area (Å²) in [6.07, 6.45) is 3.12. The van der Waals surface area contributed by atoms with Gasteiger partial charge in [-0.25, -0.2) is 9.97 Å². The number of rotatable bonds is 3. The first-order chi connectivity index (χ1) is 11.2. The molecule has 0 unspecified atom stereocenters. The van der Waals surface area contributed by atoms with Crippen molar-refractivity contribution in [2.75, 3.05) is 12.4 Å². The third-order valence-electron chi connectivity index (χ3n) is 3.65. The van der Waals surface area contributed by atoms with E-state index in [1.54, 1.807) is 18.4 Å². The molecule has 0 saturated carbocycles. The van der Waals surface area contributed by atoms with E-state index in [2.05, 4.69) is 15.3 Å². The van der Waals surface area contributed by atoms with E-state index < -0.39 is 0 Å². The highest BCUT2D eigenvalue weighted by molar-refractivity contribution is 5.93. The molecule has 0 fully saturated rings. The number of aromatic hydroxyl groups is 1. The Morgan fingerprint density at radius 3 is 2.91 bits per heavy atom. The molecule has 4 aromatic rings. The first-order valence-electron chi connectivity index (χ1n) is 7.00. The smallest absolute Gasteiger partial charge is 0.162 e. The molecule has 4 rings (SSSR count). The number of ether oxygens (including phenoxy) is 1. The number of nitrogens with zero attached hydrogens (tertiary/aromatic N) is 2. The minimum Gasteiger partial charge on any atom is -0.504 e. The molecule has 2 N–H and O–H groups in total. The fourth-order valence-corrected chi connectivity index (χ4v) is 2.52. The lowest BCUT2D eigenvalue weighted by molar-refractivity contribution is 0.374. The van der Waals surface area contributed by atoms with Crippen molar-refractivity contribution in [3.05, 3.63) is 49.0 Å². The Bertz CT molecular complexity index is 1010. The lowest BCUT2D eigenvalue weighted by atomic mass is 10.2. The van der Waals surface area contributed by atoms with Gasteiger partial charge in [0.25, 0.3) is 0 Å². The van der Waals surface area contributed by atoms with Gasteiger partial charge < -0.3 is 19.6 Å². The van der Waals surface area contributed by atoms with Crippen molar-refractivity contribution in [1.82, 2.24) is 9.97 Å².